The number of rotatable bonds is 4. The van der Waals surface area contributed by atoms with E-state index in [2.05, 4.69) is 20.8 Å². The summed E-state index contributed by atoms with van der Waals surface area (Å²) >= 11 is 8.72. The fraction of sp³-hybridized carbons (Fsp3) is 0.167. The lowest BCUT2D eigenvalue weighted by Crippen LogP contribution is -2.26. The van der Waals surface area contributed by atoms with Gasteiger partial charge >= 0.3 is 0 Å². The molecule has 1 atom stereocenters. The van der Waals surface area contributed by atoms with E-state index in [1.54, 1.807) is 0 Å². The van der Waals surface area contributed by atoms with E-state index in [0.717, 1.165) is 4.88 Å². The van der Waals surface area contributed by atoms with E-state index >= 15 is 0 Å². The fourth-order valence-corrected chi connectivity index (χ4v) is 3.66. The Hall–Kier alpha value is -1.77. The van der Waals surface area contributed by atoms with Crippen LogP contribution in [0.4, 0.5) is 0 Å². The highest BCUT2D eigenvalue weighted by Crippen LogP contribution is 2.27. The first-order valence-corrected chi connectivity index (χ1v) is 8.09. The van der Waals surface area contributed by atoms with Gasteiger partial charge in [0.05, 0.1) is 16.1 Å². The maximum absolute atomic E-state index is 12.4. The van der Waals surface area contributed by atoms with E-state index in [-0.39, 0.29) is 11.9 Å². The van der Waals surface area contributed by atoms with Gasteiger partial charge in [-0.15, -0.1) is 27.8 Å². The Bertz CT molecular complexity index is 751. The van der Waals surface area contributed by atoms with Crippen molar-refractivity contribution in [2.45, 2.75) is 13.0 Å². The van der Waals surface area contributed by atoms with Crippen LogP contribution in [0.15, 0.2) is 29.9 Å². The summed E-state index contributed by atoms with van der Waals surface area (Å²) in [5.74, 6) is -0.160. The lowest BCUT2D eigenvalue weighted by molar-refractivity contribution is 0.0944. The number of aromatic nitrogens is 4. The van der Waals surface area contributed by atoms with Crippen molar-refractivity contribution in [1.29, 1.82) is 0 Å². The van der Waals surface area contributed by atoms with Gasteiger partial charge in [0.2, 0.25) is 0 Å². The van der Waals surface area contributed by atoms with Crippen LogP contribution in [-0.2, 0) is 0 Å². The van der Waals surface area contributed by atoms with Gasteiger partial charge in [-0.05, 0) is 40.9 Å². The molecule has 1 unspecified atom stereocenters. The second-order valence-corrected chi connectivity index (χ2v) is 6.89. The quantitative estimate of drug-likeness (QED) is 0.793. The third-order valence-electron chi connectivity index (χ3n) is 2.81. The SMILES string of the molecule is CC(NC(=O)c1sccc1-n1cnnn1)c1ccc(Cl)s1. The maximum atomic E-state index is 12.4. The molecule has 3 rings (SSSR count). The Balaban J connectivity index is 1.79. The Morgan fingerprint density at radius 1 is 1.43 bits per heavy atom. The van der Waals surface area contributed by atoms with Crippen molar-refractivity contribution in [3.63, 3.8) is 0 Å². The minimum atomic E-state index is -0.160. The molecule has 1 N–H and O–H groups in total. The fourth-order valence-electron chi connectivity index (χ4n) is 1.82. The van der Waals surface area contributed by atoms with Crippen molar-refractivity contribution in [1.82, 2.24) is 25.5 Å². The molecule has 3 heterocycles. The molecular weight excluding hydrogens is 330 g/mol. The highest BCUT2D eigenvalue weighted by molar-refractivity contribution is 7.16. The maximum Gasteiger partial charge on any atom is 0.264 e. The van der Waals surface area contributed by atoms with Crippen molar-refractivity contribution in [2.75, 3.05) is 0 Å². The Kier molecular flexibility index (Phi) is 4.00. The summed E-state index contributed by atoms with van der Waals surface area (Å²) in [5.41, 5.74) is 0.666. The number of thiophene rings is 2. The van der Waals surface area contributed by atoms with Crippen LogP contribution in [0.3, 0.4) is 0 Å². The topological polar surface area (TPSA) is 72.7 Å². The Morgan fingerprint density at radius 2 is 2.29 bits per heavy atom. The third-order valence-corrected chi connectivity index (χ3v) is 5.13. The molecule has 108 valence electrons. The standard InChI is InChI=1S/C12H10ClN5OS2/c1-7(9-2-3-10(13)21-9)15-12(19)11-8(4-5-20-11)18-6-14-16-17-18/h2-7H,1H3,(H,15,19). The molecule has 0 radical (unpaired) electrons. The van der Waals surface area contributed by atoms with Crippen LogP contribution in [0.5, 0.6) is 0 Å². The molecule has 3 aromatic heterocycles. The van der Waals surface area contributed by atoms with Crippen molar-refractivity contribution in [3.05, 3.63) is 44.0 Å². The number of carbonyl (C=O) groups excluding carboxylic acids is 1. The normalized spacial score (nSPS) is 12.3. The third kappa shape index (κ3) is 2.97. The molecule has 0 aliphatic rings. The van der Waals surface area contributed by atoms with E-state index < -0.39 is 0 Å². The monoisotopic (exact) mass is 339 g/mol. The van der Waals surface area contributed by atoms with E-state index in [1.807, 2.05) is 30.5 Å². The predicted molar refractivity (Wildman–Crippen MR) is 82.2 cm³/mol. The van der Waals surface area contributed by atoms with Gasteiger partial charge in [0.1, 0.15) is 11.2 Å². The number of halogens is 1. The van der Waals surface area contributed by atoms with Crippen LogP contribution >= 0.6 is 34.3 Å². The highest BCUT2D eigenvalue weighted by Gasteiger charge is 2.18. The smallest absolute Gasteiger partial charge is 0.264 e. The number of nitrogens with zero attached hydrogens (tertiary/aromatic N) is 4. The van der Waals surface area contributed by atoms with Crippen LogP contribution in [0.2, 0.25) is 4.34 Å². The highest BCUT2D eigenvalue weighted by atomic mass is 35.5. The Morgan fingerprint density at radius 3 is 2.95 bits per heavy atom. The van der Waals surface area contributed by atoms with Gasteiger partial charge in [-0.25, -0.2) is 0 Å². The molecule has 0 aromatic carbocycles. The van der Waals surface area contributed by atoms with Gasteiger partial charge < -0.3 is 5.32 Å². The minimum Gasteiger partial charge on any atom is -0.344 e. The van der Waals surface area contributed by atoms with Gasteiger partial charge in [0.25, 0.3) is 5.91 Å². The van der Waals surface area contributed by atoms with Crippen LogP contribution in [0, 0.1) is 0 Å². The zero-order valence-corrected chi connectivity index (χ0v) is 13.2. The second kappa shape index (κ2) is 5.92. The summed E-state index contributed by atoms with van der Waals surface area (Å²) in [6, 6.07) is 5.43. The minimum absolute atomic E-state index is 0.112. The van der Waals surface area contributed by atoms with E-state index in [0.29, 0.717) is 14.9 Å². The number of hydrogen-bond acceptors (Lipinski definition) is 6. The molecule has 6 nitrogen and oxygen atoms in total. The first kappa shape index (κ1) is 14.2. The van der Waals surface area contributed by atoms with Gasteiger partial charge in [0.15, 0.2) is 0 Å². The summed E-state index contributed by atoms with van der Waals surface area (Å²) in [4.78, 5) is 14.0. The van der Waals surface area contributed by atoms with E-state index in [1.165, 1.54) is 33.7 Å². The average molecular weight is 340 g/mol. The molecule has 0 saturated heterocycles. The van der Waals surface area contributed by atoms with E-state index in [9.17, 15) is 4.79 Å². The summed E-state index contributed by atoms with van der Waals surface area (Å²) in [6.45, 7) is 1.92. The first-order chi connectivity index (χ1) is 10.1. The molecule has 21 heavy (non-hydrogen) atoms. The molecule has 0 fully saturated rings. The number of nitrogens with one attached hydrogen (secondary N) is 1. The first-order valence-electron chi connectivity index (χ1n) is 6.02. The number of amides is 1. The molecule has 3 aromatic rings. The van der Waals surface area contributed by atoms with Gasteiger partial charge in [0, 0.05) is 4.88 Å². The zero-order valence-electron chi connectivity index (χ0n) is 10.9. The summed E-state index contributed by atoms with van der Waals surface area (Å²) < 4.78 is 2.18. The van der Waals surface area contributed by atoms with Crippen LogP contribution in [-0.4, -0.2) is 26.1 Å². The summed E-state index contributed by atoms with van der Waals surface area (Å²) in [7, 11) is 0. The van der Waals surface area contributed by atoms with Crippen molar-refractivity contribution >= 4 is 40.2 Å². The molecule has 0 aliphatic heterocycles. The number of carbonyl (C=O) groups is 1. The average Bonchev–Trinajstić information content (AvgIpc) is 3.19. The number of tetrazole rings is 1. The van der Waals surface area contributed by atoms with Gasteiger partial charge in [-0.1, -0.05) is 11.6 Å². The van der Waals surface area contributed by atoms with Crippen molar-refractivity contribution in [2.24, 2.45) is 0 Å². The Labute approximate surface area is 133 Å². The predicted octanol–water partition coefficient (Wildman–Crippen LogP) is 2.93. The molecule has 1 amide bonds. The van der Waals surface area contributed by atoms with Crippen LogP contribution < -0.4 is 5.32 Å². The van der Waals surface area contributed by atoms with Gasteiger partial charge in [-0.2, -0.15) is 4.68 Å². The van der Waals surface area contributed by atoms with E-state index in [4.69, 9.17) is 11.6 Å². The molecule has 0 aliphatic carbocycles. The van der Waals surface area contributed by atoms with Crippen molar-refractivity contribution in [3.8, 4) is 5.69 Å². The molecule has 0 bridgehead atoms. The summed E-state index contributed by atoms with van der Waals surface area (Å²) in [6.07, 6.45) is 1.46. The largest absolute Gasteiger partial charge is 0.344 e. The molecule has 9 heteroatoms. The number of hydrogen-bond donors (Lipinski definition) is 1. The second-order valence-electron chi connectivity index (χ2n) is 4.23. The van der Waals surface area contributed by atoms with Crippen LogP contribution in [0.1, 0.15) is 27.5 Å². The molecular formula is C12H10ClN5OS2. The molecule has 0 saturated carbocycles. The zero-order chi connectivity index (χ0) is 14.8. The van der Waals surface area contributed by atoms with Crippen molar-refractivity contribution < 1.29 is 4.79 Å². The van der Waals surface area contributed by atoms with Crippen LogP contribution in [0.25, 0.3) is 5.69 Å². The summed E-state index contributed by atoms with van der Waals surface area (Å²) in [5, 5.41) is 15.8. The molecule has 0 spiro atoms. The van der Waals surface area contributed by atoms with Gasteiger partial charge in [-0.3, -0.25) is 4.79 Å². The lowest BCUT2D eigenvalue weighted by atomic mass is 10.2. The lowest BCUT2D eigenvalue weighted by Gasteiger charge is -2.12.